The first kappa shape index (κ1) is 11.8. The Hall–Kier alpha value is -1.71. The molecule has 92 valence electrons. The first-order chi connectivity index (χ1) is 8.15. The molecule has 0 spiro atoms. The zero-order valence-electron chi connectivity index (χ0n) is 10.1. The van der Waals surface area contributed by atoms with E-state index in [1.54, 1.807) is 6.07 Å². The maximum atomic E-state index is 11.8. The molecule has 0 aliphatic heterocycles. The van der Waals surface area contributed by atoms with E-state index < -0.39 is 0 Å². The summed E-state index contributed by atoms with van der Waals surface area (Å²) >= 11 is 0. The molecule has 1 aromatic rings. The fraction of sp³-hybridized carbons (Fsp3) is 0.462. The van der Waals surface area contributed by atoms with Gasteiger partial charge in [0.1, 0.15) is 0 Å². The second-order valence-electron chi connectivity index (χ2n) is 4.65. The Kier molecular flexibility index (Phi) is 3.52. The number of nitrogens with two attached hydrogens (primary N) is 1. The van der Waals surface area contributed by atoms with E-state index in [0.29, 0.717) is 11.7 Å². The van der Waals surface area contributed by atoms with E-state index in [0.717, 1.165) is 24.1 Å². The smallest absolute Gasteiger partial charge is 0.319 e. The van der Waals surface area contributed by atoms with Gasteiger partial charge < -0.3 is 16.4 Å². The number of hydrogen-bond donors (Lipinski definition) is 3. The minimum atomic E-state index is -0.134. The lowest BCUT2D eigenvalue weighted by Gasteiger charge is -2.14. The Labute approximate surface area is 102 Å². The highest BCUT2D eigenvalue weighted by molar-refractivity contribution is 5.90. The third-order valence-corrected chi connectivity index (χ3v) is 3.20. The van der Waals surface area contributed by atoms with Gasteiger partial charge in [-0.25, -0.2) is 4.79 Å². The standard InChI is InChI=1S/C13H19N3O/c1-9-6-7-10(14)8-12(9)16-13(17)15-11-4-2-3-5-11/h6-8,11H,2-5,14H2,1H3,(H2,15,16,17). The summed E-state index contributed by atoms with van der Waals surface area (Å²) in [6.45, 7) is 1.95. The maximum Gasteiger partial charge on any atom is 0.319 e. The second-order valence-corrected chi connectivity index (χ2v) is 4.65. The highest BCUT2D eigenvalue weighted by Gasteiger charge is 2.17. The van der Waals surface area contributed by atoms with Crippen LogP contribution in [0.25, 0.3) is 0 Å². The number of amides is 2. The largest absolute Gasteiger partial charge is 0.399 e. The SMILES string of the molecule is Cc1ccc(N)cc1NC(=O)NC1CCCC1. The molecule has 4 heteroatoms. The van der Waals surface area contributed by atoms with E-state index in [2.05, 4.69) is 10.6 Å². The average Bonchev–Trinajstić information content (AvgIpc) is 2.76. The van der Waals surface area contributed by atoms with Gasteiger partial charge in [-0.3, -0.25) is 0 Å². The van der Waals surface area contributed by atoms with Crippen LogP contribution in [0.4, 0.5) is 16.2 Å². The minimum absolute atomic E-state index is 0.134. The summed E-state index contributed by atoms with van der Waals surface area (Å²) in [5.41, 5.74) is 8.15. The van der Waals surface area contributed by atoms with E-state index in [1.165, 1.54) is 12.8 Å². The number of aryl methyl sites for hydroxylation is 1. The summed E-state index contributed by atoms with van der Waals surface area (Å²) < 4.78 is 0. The van der Waals surface area contributed by atoms with Crippen LogP contribution in [0, 0.1) is 6.92 Å². The predicted molar refractivity (Wildman–Crippen MR) is 70.0 cm³/mol. The molecule has 4 nitrogen and oxygen atoms in total. The van der Waals surface area contributed by atoms with E-state index in [9.17, 15) is 4.79 Å². The van der Waals surface area contributed by atoms with Gasteiger partial charge in [-0.15, -0.1) is 0 Å². The lowest BCUT2D eigenvalue weighted by molar-refractivity contribution is 0.248. The first-order valence-electron chi connectivity index (χ1n) is 6.09. The van der Waals surface area contributed by atoms with Crippen LogP contribution in [0.2, 0.25) is 0 Å². The molecular formula is C13H19N3O. The van der Waals surface area contributed by atoms with E-state index in [1.807, 2.05) is 19.1 Å². The van der Waals surface area contributed by atoms with E-state index in [-0.39, 0.29) is 6.03 Å². The Morgan fingerprint density at radius 2 is 2.06 bits per heavy atom. The molecule has 0 atom stereocenters. The first-order valence-corrected chi connectivity index (χ1v) is 6.09. The fourth-order valence-electron chi connectivity index (χ4n) is 2.19. The van der Waals surface area contributed by atoms with Crippen LogP contribution in [-0.2, 0) is 0 Å². The van der Waals surface area contributed by atoms with Gasteiger partial charge in [-0.05, 0) is 37.5 Å². The molecule has 0 aromatic heterocycles. The Balaban J connectivity index is 1.95. The topological polar surface area (TPSA) is 67.1 Å². The van der Waals surface area contributed by atoms with Crippen molar-refractivity contribution < 1.29 is 4.79 Å². The molecule has 0 heterocycles. The number of carbonyl (C=O) groups excluding carboxylic acids is 1. The van der Waals surface area contributed by atoms with Gasteiger partial charge in [-0.2, -0.15) is 0 Å². The maximum absolute atomic E-state index is 11.8. The predicted octanol–water partition coefficient (Wildman–Crippen LogP) is 2.64. The molecule has 4 N–H and O–H groups in total. The van der Waals surface area contributed by atoms with Crippen molar-refractivity contribution in [2.45, 2.75) is 38.6 Å². The van der Waals surface area contributed by atoms with E-state index >= 15 is 0 Å². The minimum Gasteiger partial charge on any atom is -0.399 e. The average molecular weight is 233 g/mol. The summed E-state index contributed by atoms with van der Waals surface area (Å²) in [7, 11) is 0. The summed E-state index contributed by atoms with van der Waals surface area (Å²) in [4.78, 5) is 11.8. The van der Waals surface area contributed by atoms with Crippen LogP contribution in [0.15, 0.2) is 18.2 Å². The zero-order valence-corrected chi connectivity index (χ0v) is 10.1. The van der Waals surface area contributed by atoms with Gasteiger partial charge in [0, 0.05) is 17.4 Å². The second kappa shape index (κ2) is 5.08. The fourth-order valence-corrected chi connectivity index (χ4v) is 2.19. The van der Waals surface area contributed by atoms with Crippen LogP contribution in [-0.4, -0.2) is 12.1 Å². The molecule has 17 heavy (non-hydrogen) atoms. The monoisotopic (exact) mass is 233 g/mol. The molecule has 1 aliphatic carbocycles. The Morgan fingerprint density at radius 3 is 2.76 bits per heavy atom. The van der Waals surface area contributed by atoms with Crippen LogP contribution in [0.5, 0.6) is 0 Å². The van der Waals surface area contributed by atoms with Crippen molar-refractivity contribution in [1.29, 1.82) is 0 Å². The summed E-state index contributed by atoms with van der Waals surface area (Å²) in [6, 6.07) is 5.71. The number of nitrogens with one attached hydrogen (secondary N) is 2. The number of carbonyl (C=O) groups is 1. The molecule has 1 aliphatic rings. The van der Waals surface area contributed by atoms with E-state index in [4.69, 9.17) is 5.73 Å². The number of nitrogen functional groups attached to an aromatic ring is 1. The van der Waals surface area contributed by atoms with Crippen LogP contribution in [0.3, 0.4) is 0 Å². The van der Waals surface area contributed by atoms with Crippen molar-refractivity contribution >= 4 is 17.4 Å². The third-order valence-electron chi connectivity index (χ3n) is 3.20. The highest BCUT2D eigenvalue weighted by atomic mass is 16.2. The van der Waals surface area contributed by atoms with Gasteiger partial charge in [0.25, 0.3) is 0 Å². The number of rotatable bonds is 2. The summed E-state index contributed by atoms with van der Waals surface area (Å²) in [6.07, 6.45) is 4.59. The van der Waals surface area contributed by atoms with Gasteiger partial charge in [0.15, 0.2) is 0 Å². The molecular weight excluding hydrogens is 214 g/mol. The van der Waals surface area contributed by atoms with Gasteiger partial charge in [0.05, 0.1) is 0 Å². The van der Waals surface area contributed by atoms with Crippen LogP contribution in [0.1, 0.15) is 31.2 Å². The van der Waals surface area contributed by atoms with Gasteiger partial charge in [0.2, 0.25) is 0 Å². The molecule has 0 unspecified atom stereocenters. The quantitative estimate of drug-likeness (QED) is 0.687. The molecule has 2 rings (SSSR count). The van der Waals surface area contributed by atoms with Crippen molar-refractivity contribution in [3.8, 4) is 0 Å². The Bertz CT molecular complexity index is 411. The highest BCUT2D eigenvalue weighted by Crippen LogP contribution is 2.20. The number of anilines is 2. The number of hydrogen-bond acceptors (Lipinski definition) is 2. The van der Waals surface area contributed by atoms with Gasteiger partial charge in [-0.1, -0.05) is 18.9 Å². The summed E-state index contributed by atoms with van der Waals surface area (Å²) in [5.74, 6) is 0. The van der Waals surface area contributed by atoms with Crippen molar-refractivity contribution in [1.82, 2.24) is 5.32 Å². The van der Waals surface area contributed by atoms with Crippen molar-refractivity contribution in [3.05, 3.63) is 23.8 Å². The Morgan fingerprint density at radius 1 is 1.35 bits per heavy atom. The number of benzene rings is 1. The lowest BCUT2D eigenvalue weighted by atomic mass is 10.2. The van der Waals surface area contributed by atoms with Crippen molar-refractivity contribution in [3.63, 3.8) is 0 Å². The van der Waals surface area contributed by atoms with Crippen LogP contribution >= 0.6 is 0 Å². The lowest BCUT2D eigenvalue weighted by Crippen LogP contribution is -2.36. The molecule has 2 amide bonds. The van der Waals surface area contributed by atoms with Crippen molar-refractivity contribution in [2.75, 3.05) is 11.1 Å². The molecule has 1 aromatic carbocycles. The normalized spacial score (nSPS) is 15.8. The molecule has 0 radical (unpaired) electrons. The van der Waals surface area contributed by atoms with Crippen LogP contribution < -0.4 is 16.4 Å². The third kappa shape index (κ3) is 3.12. The molecule has 1 saturated carbocycles. The zero-order chi connectivity index (χ0) is 12.3. The summed E-state index contributed by atoms with van der Waals surface area (Å²) in [5, 5.41) is 5.83. The molecule has 0 saturated heterocycles. The number of urea groups is 1. The molecule has 0 bridgehead atoms. The van der Waals surface area contributed by atoms with Gasteiger partial charge >= 0.3 is 6.03 Å². The molecule has 1 fully saturated rings. The van der Waals surface area contributed by atoms with Crippen molar-refractivity contribution in [2.24, 2.45) is 0 Å².